The van der Waals surface area contributed by atoms with Gasteiger partial charge >= 0.3 is 5.69 Å². The average Bonchev–Trinajstić information content (AvgIpc) is 2.60. The Morgan fingerprint density at radius 2 is 1.85 bits per heavy atom. The summed E-state index contributed by atoms with van der Waals surface area (Å²) in [4.78, 5) is 22.4. The minimum atomic E-state index is -3.84. The van der Waals surface area contributed by atoms with Crippen LogP contribution in [0.3, 0.4) is 0 Å². The number of ether oxygens (including phenoxy) is 1. The number of nitro groups is 1. The molecule has 1 aromatic carbocycles. The molecule has 1 aromatic rings. The van der Waals surface area contributed by atoms with E-state index >= 15 is 0 Å². The molecule has 0 saturated heterocycles. The number of benzene rings is 1. The molecule has 10 heteroatoms. The van der Waals surface area contributed by atoms with Crippen molar-refractivity contribution in [2.75, 3.05) is 19.7 Å². The summed E-state index contributed by atoms with van der Waals surface area (Å²) in [7, 11) is -3.84. The predicted octanol–water partition coefficient (Wildman–Crippen LogP) is 2.31. The third-order valence-electron chi connectivity index (χ3n) is 4.19. The summed E-state index contributed by atoms with van der Waals surface area (Å²) in [5, 5.41) is 14.1. The lowest BCUT2D eigenvalue weighted by molar-refractivity contribution is -0.386. The molecule has 0 heterocycles. The molecule has 0 aliphatic carbocycles. The Hall–Kier alpha value is -2.20. The average molecular weight is 401 g/mol. The first kappa shape index (κ1) is 22.8. The first-order chi connectivity index (χ1) is 12.5. The van der Waals surface area contributed by atoms with E-state index in [-0.39, 0.29) is 23.7 Å². The van der Waals surface area contributed by atoms with Crippen LogP contribution >= 0.6 is 0 Å². The van der Waals surface area contributed by atoms with Crippen LogP contribution in [0.2, 0.25) is 0 Å². The number of hydrogen-bond donors (Lipinski definition) is 1. The Morgan fingerprint density at radius 1 is 1.26 bits per heavy atom. The smallest absolute Gasteiger partial charge is 0.312 e. The van der Waals surface area contributed by atoms with Gasteiger partial charge in [-0.15, -0.1) is 0 Å². The number of nitro benzene ring substituents is 1. The van der Waals surface area contributed by atoms with E-state index in [1.54, 1.807) is 13.8 Å². The van der Waals surface area contributed by atoms with E-state index < -0.39 is 38.7 Å². The number of carbonyl (C=O) groups is 1. The van der Waals surface area contributed by atoms with Gasteiger partial charge in [0.15, 0.2) is 12.4 Å². The van der Waals surface area contributed by atoms with Crippen molar-refractivity contribution in [3.63, 3.8) is 0 Å². The summed E-state index contributed by atoms with van der Waals surface area (Å²) in [6, 6.07) is 3.40. The molecule has 0 fully saturated rings. The largest absolute Gasteiger partial charge is 0.477 e. The first-order valence-corrected chi connectivity index (χ1v) is 10.1. The SMILES string of the molecule is CCN(CC)S(=O)(=O)c1ccc(OCC(=O)NC(C)(C)CC)c([N+](=O)[O-])c1. The normalized spacial score (nSPS) is 12.1. The van der Waals surface area contributed by atoms with E-state index in [4.69, 9.17) is 4.74 Å². The lowest BCUT2D eigenvalue weighted by atomic mass is 10.0. The van der Waals surface area contributed by atoms with Crippen LogP contribution in [0.1, 0.15) is 41.0 Å². The number of carbonyl (C=O) groups excluding carboxylic acids is 1. The minimum absolute atomic E-state index is 0.164. The minimum Gasteiger partial charge on any atom is -0.477 e. The van der Waals surface area contributed by atoms with E-state index in [0.29, 0.717) is 6.42 Å². The molecule has 0 saturated carbocycles. The maximum atomic E-state index is 12.5. The fraction of sp³-hybridized carbons (Fsp3) is 0.588. The summed E-state index contributed by atoms with van der Waals surface area (Å²) in [6.45, 7) is 9.07. The number of amides is 1. The van der Waals surface area contributed by atoms with Gasteiger partial charge in [-0.1, -0.05) is 20.8 Å². The lowest BCUT2D eigenvalue weighted by Gasteiger charge is -2.24. The van der Waals surface area contributed by atoms with Gasteiger partial charge in [-0.05, 0) is 32.4 Å². The molecule has 0 aliphatic heterocycles. The number of nitrogens with zero attached hydrogens (tertiary/aromatic N) is 2. The number of rotatable bonds is 10. The zero-order valence-corrected chi connectivity index (χ0v) is 17.1. The summed E-state index contributed by atoms with van der Waals surface area (Å²) < 4.78 is 31.5. The van der Waals surface area contributed by atoms with Crippen LogP contribution in [0.5, 0.6) is 5.75 Å². The second kappa shape index (κ2) is 9.14. The fourth-order valence-electron chi connectivity index (χ4n) is 2.28. The van der Waals surface area contributed by atoms with Crippen molar-refractivity contribution >= 4 is 21.6 Å². The molecule has 27 heavy (non-hydrogen) atoms. The van der Waals surface area contributed by atoms with Gasteiger partial charge in [-0.2, -0.15) is 4.31 Å². The van der Waals surface area contributed by atoms with Crippen molar-refractivity contribution in [3.8, 4) is 5.75 Å². The van der Waals surface area contributed by atoms with E-state index in [2.05, 4.69) is 5.32 Å². The second-order valence-corrected chi connectivity index (χ2v) is 8.49. The van der Waals surface area contributed by atoms with Crippen LogP contribution in [-0.2, 0) is 14.8 Å². The molecule has 0 radical (unpaired) electrons. The van der Waals surface area contributed by atoms with Gasteiger partial charge < -0.3 is 10.1 Å². The van der Waals surface area contributed by atoms with Gasteiger partial charge in [0, 0.05) is 24.7 Å². The molecule has 9 nitrogen and oxygen atoms in total. The third kappa shape index (κ3) is 5.90. The molecule has 152 valence electrons. The number of nitrogens with one attached hydrogen (secondary N) is 1. The molecule has 0 atom stereocenters. The Bertz CT molecular complexity index is 788. The highest BCUT2D eigenvalue weighted by Crippen LogP contribution is 2.30. The monoisotopic (exact) mass is 401 g/mol. The van der Waals surface area contributed by atoms with Gasteiger partial charge in [-0.3, -0.25) is 14.9 Å². The molecule has 0 bridgehead atoms. The summed E-state index contributed by atoms with van der Waals surface area (Å²) >= 11 is 0. The van der Waals surface area contributed by atoms with Crippen molar-refractivity contribution in [1.82, 2.24) is 9.62 Å². The molecule has 0 aliphatic rings. The highest BCUT2D eigenvalue weighted by Gasteiger charge is 2.27. The highest BCUT2D eigenvalue weighted by molar-refractivity contribution is 7.89. The number of hydrogen-bond acceptors (Lipinski definition) is 6. The molecule has 0 aromatic heterocycles. The first-order valence-electron chi connectivity index (χ1n) is 8.70. The maximum absolute atomic E-state index is 12.5. The van der Waals surface area contributed by atoms with Gasteiger partial charge in [0.1, 0.15) is 0 Å². The topological polar surface area (TPSA) is 119 Å². The van der Waals surface area contributed by atoms with Gasteiger partial charge in [0.2, 0.25) is 10.0 Å². The van der Waals surface area contributed by atoms with Crippen LogP contribution in [0.25, 0.3) is 0 Å². The summed E-state index contributed by atoms with van der Waals surface area (Å²) in [6.07, 6.45) is 0.705. The Kier molecular flexibility index (Phi) is 7.73. The maximum Gasteiger partial charge on any atom is 0.312 e. The second-order valence-electron chi connectivity index (χ2n) is 6.55. The molecule has 1 rings (SSSR count). The van der Waals surface area contributed by atoms with Crippen LogP contribution in [0.4, 0.5) is 5.69 Å². The molecular formula is C17H27N3O6S. The van der Waals surface area contributed by atoms with E-state index in [1.807, 2.05) is 20.8 Å². The predicted molar refractivity (Wildman–Crippen MR) is 101 cm³/mol. The van der Waals surface area contributed by atoms with Crippen molar-refractivity contribution in [2.45, 2.75) is 51.5 Å². The standard InChI is InChI=1S/C17H27N3O6S/c1-6-17(4,5)18-16(21)12-26-15-10-9-13(11-14(15)20(22)23)27(24,25)19(7-2)8-3/h9-11H,6-8,12H2,1-5H3,(H,18,21). The van der Waals surface area contributed by atoms with Gasteiger partial charge in [0.05, 0.1) is 9.82 Å². The highest BCUT2D eigenvalue weighted by atomic mass is 32.2. The van der Waals surface area contributed by atoms with E-state index in [1.165, 1.54) is 16.4 Å². The summed E-state index contributed by atoms with van der Waals surface area (Å²) in [5.41, 5.74) is -0.931. The Balaban J connectivity index is 3.08. The molecular weight excluding hydrogens is 374 g/mol. The third-order valence-corrected chi connectivity index (χ3v) is 6.24. The Morgan fingerprint density at radius 3 is 2.33 bits per heavy atom. The van der Waals surface area contributed by atoms with Gasteiger partial charge in [0.25, 0.3) is 5.91 Å². The van der Waals surface area contributed by atoms with Crippen LogP contribution in [-0.4, -0.2) is 48.8 Å². The van der Waals surface area contributed by atoms with Crippen molar-refractivity contribution < 1.29 is 22.9 Å². The molecule has 0 spiro atoms. The van der Waals surface area contributed by atoms with Crippen LogP contribution < -0.4 is 10.1 Å². The molecule has 1 amide bonds. The summed E-state index contributed by atoms with van der Waals surface area (Å²) in [5.74, 6) is -0.584. The van der Waals surface area contributed by atoms with E-state index in [0.717, 1.165) is 6.07 Å². The number of sulfonamides is 1. The lowest BCUT2D eigenvalue weighted by Crippen LogP contribution is -2.44. The molecule has 0 unspecified atom stereocenters. The molecule has 1 N–H and O–H groups in total. The van der Waals surface area contributed by atoms with Crippen LogP contribution in [0, 0.1) is 10.1 Å². The zero-order valence-electron chi connectivity index (χ0n) is 16.3. The van der Waals surface area contributed by atoms with Crippen molar-refractivity contribution in [3.05, 3.63) is 28.3 Å². The Labute approximate surface area is 159 Å². The van der Waals surface area contributed by atoms with E-state index in [9.17, 15) is 23.3 Å². The quantitative estimate of drug-likeness (QED) is 0.475. The van der Waals surface area contributed by atoms with Crippen molar-refractivity contribution in [2.24, 2.45) is 0 Å². The zero-order chi connectivity index (χ0) is 20.8. The van der Waals surface area contributed by atoms with Gasteiger partial charge in [-0.25, -0.2) is 8.42 Å². The fourth-order valence-corrected chi connectivity index (χ4v) is 3.76. The van der Waals surface area contributed by atoms with Crippen molar-refractivity contribution in [1.29, 1.82) is 0 Å². The van der Waals surface area contributed by atoms with Crippen LogP contribution in [0.15, 0.2) is 23.1 Å².